The maximum absolute atomic E-state index is 14.2. The minimum Gasteiger partial charge on any atom is -0.235 e. The molecule has 0 bridgehead atoms. The third-order valence-electron chi connectivity index (χ3n) is 6.49. The van der Waals surface area contributed by atoms with Gasteiger partial charge in [0.25, 0.3) is 10.0 Å². The van der Waals surface area contributed by atoms with Crippen molar-refractivity contribution in [2.45, 2.75) is 22.8 Å². The van der Waals surface area contributed by atoms with E-state index < -0.39 is 26.1 Å². The fourth-order valence-corrected chi connectivity index (χ4v) is 7.63. The summed E-state index contributed by atoms with van der Waals surface area (Å²) in [6.07, 6.45) is 1.54. The summed E-state index contributed by atoms with van der Waals surface area (Å²) in [7, 11) is -8.32. The molecule has 0 amide bonds. The third kappa shape index (κ3) is 4.92. The van der Waals surface area contributed by atoms with Crippen molar-refractivity contribution in [3.63, 3.8) is 0 Å². The fraction of sp³-hybridized carbons (Fsp3) is 0.0667. The van der Waals surface area contributed by atoms with Crippen molar-refractivity contribution in [2.75, 3.05) is 0 Å². The Balaban J connectivity index is 1.86. The summed E-state index contributed by atoms with van der Waals surface area (Å²) < 4.78 is 59.8. The highest BCUT2D eigenvalue weighted by atomic mass is 35.5. The van der Waals surface area contributed by atoms with Crippen molar-refractivity contribution in [3.8, 4) is 0 Å². The van der Waals surface area contributed by atoms with Crippen LogP contribution in [-0.4, -0.2) is 20.8 Å². The molecule has 1 atom stereocenters. The summed E-state index contributed by atoms with van der Waals surface area (Å²) >= 11 is 6.62. The lowest BCUT2D eigenvalue weighted by molar-refractivity contribution is 0.563. The zero-order valence-electron chi connectivity index (χ0n) is 21.0. The summed E-state index contributed by atoms with van der Waals surface area (Å²) in [6.45, 7) is 5.82. The largest absolute Gasteiger partial charge is 0.268 e. The monoisotopic (exact) mass is 576 g/mol. The first-order valence-electron chi connectivity index (χ1n) is 12.0. The Hall–Kier alpha value is -3.69. The zero-order valence-corrected chi connectivity index (χ0v) is 23.3. The topological polar surface area (TPSA) is 85.2 Å². The van der Waals surface area contributed by atoms with Crippen molar-refractivity contribution in [1.29, 1.82) is 0 Å². The molecule has 0 saturated carbocycles. The van der Waals surface area contributed by atoms with Crippen molar-refractivity contribution in [1.82, 2.24) is 8.69 Å². The van der Waals surface area contributed by atoms with Crippen LogP contribution in [0.25, 0.3) is 17.0 Å². The van der Waals surface area contributed by atoms with Gasteiger partial charge in [0.05, 0.1) is 27.0 Å². The minimum absolute atomic E-state index is 0.0406. The van der Waals surface area contributed by atoms with E-state index in [2.05, 4.69) is 11.3 Å². The maximum atomic E-state index is 14.2. The van der Waals surface area contributed by atoms with E-state index in [0.717, 1.165) is 5.56 Å². The SMILES string of the molecule is C=Cc1c(C(NS(=O)(=O)c2ccc(C)cc2)c2ccccc2Cl)n(S(=O)(=O)c2ccccc2)c2ccccc12. The van der Waals surface area contributed by atoms with E-state index in [1.54, 1.807) is 84.9 Å². The molecular weight excluding hydrogens is 552 g/mol. The second kappa shape index (κ2) is 10.5. The van der Waals surface area contributed by atoms with Crippen LogP contribution in [0.5, 0.6) is 0 Å². The maximum Gasteiger partial charge on any atom is 0.268 e. The number of aromatic nitrogens is 1. The molecule has 0 spiro atoms. The molecule has 6 nitrogen and oxygen atoms in total. The van der Waals surface area contributed by atoms with Gasteiger partial charge in [0, 0.05) is 16.0 Å². The van der Waals surface area contributed by atoms with Gasteiger partial charge < -0.3 is 0 Å². The van der Waals surface area contributed by atoms with Crippen LogP contribution in [0.15, 0.2) is 119 Å². The normalized spacial score (nSPS) is 12.9. The molecule has 1 heterocycles. The van der Waals surface area contributed by atoms with Gasteiger partial charge in [0.2, 0.25) is 10.0 Å². The van der Waals surface area contributed by atoms with Crippen LogP contribution >= 0.6 is 11.6 Å². The molecule has 4 aromatic carbocycles. The van der Waals surface area contributed by atoms with Crippen LogP contribution in [0.4, 0.5) is 0 Å². The number of sulfonamides is 1. The molecule has 1 unspecified atom stereocenters. The van der Waals surface area contributed by atoms with E-state index in [1.165, 1.54) is 28.2 Å². The van der Waals surface area contributed by atoms with Gasteiger partial charge in [0.15, 0.2) is 0 Å². The quantitative estimate of drug-likeness (QED) is 0.227. The number of benzene rings is 4. The number of hydrogen-bond acceptors (Lipinski definition) is 4. The number of para-hydroxylation sites is 1. The van der Waals surface area contributed by atoms with E-state index in [-0.39, 0.29) is 20.5 Å². The Kier molecular flexibility index (Phi) is 7.22. The summed E-state index contributed by atoms with van der Waals surface area (Å²) in [5.74, 6) is 0. The zero-order chi connectivity index (χ0) is 27.8. The van der Waals surface area contributed by atoms with Gasteiger partial charge >= 0.3 is 0 Å². The molecule has 1 N–H and O–H groups in total. The molecule has 198 valence electrons. The molecule has 5 rings (SSSR count). The van der Waals surface area contributed by atoms with E-state index >= 15 is 0 Å². The highest BCUT2D eigenvalue weighted by molar-refractivity contribution is 7.90. The average Bonchev–Trinajstić information content (AvgIpc) is 3.28. The second-order valence-corrected chi connectivity index (χ2v) is 12.9. The van der Waals surface area contributed by atoms with Gasteiger partial charge in [-0.3, -0.25) is 0 Å². The molecule has 0 radical (unpaired) electrons. The molecule has 0 saturated heterocycles. The van der Waals surface area contributed by atoms with Crippen molar-refractivity contribution < 1.29 is 16.8 Å². The smallest absolute Gasteiger partial charge is 0.235 e. The first kappa shape index (κ1) is 26.9. The molecule has 0 fully saturated rings. The van der Waals surface area contributed by atoms with Crippen LogP contribution in [0, 0.1) is 6.92 Å². The number of fused-ring (bicyclic) bond motifs is 1. The third-order valence-corrected chi connectivity index (χ3v) is 10.0. The molecule has 5 aromatic rings. The lowest BCUT2D eigenvalue weighted by Crippen LogP contribution is -2.32. The van der Waals surface area contributed by atoms with Gasteiger partial charge in [-0.2, -0.15) is 4.72 Å². The number of hydrogen-bond donors (Lipinski definition) is 1. The van der Waals surface area contributed by atoms with E-state index in [9.17, 15) is 16.8 Å². The lowest BCUT2D eigenvalue weighted by atomic mass is 10.0. The van der Waals surface area contributed by atoms with Crippen molar-refractivity contribution >= 4 is 48.6 Å². The molecule has 0 aliphatic rings. The van der Waals surface area contributed by atoms with Gasteiger partial charge in [-0.15, -0.1) is 0 Å². The van der Waals surface area contributed by atoms with Crippen LogP contribution in [0.1, 0.15) is 28.4 Å². The van der Waals surface area contributed by atoms with Gasteiger partial charge in [-0.05, 0) is 48.9 Å². The van der Waals surface area contributed by atoms with E-state index in [0.29, 0.717) is 22.0 Å². The van der Waals surface area contributed by atoms with Crippen LogP contribution in [0.2, 0.25) is 5.02 Å². The van der Waals surface area contributed by atoms with Gasteiger partial charge in [-0.1, -0.05) is 96.5 Å². The summed E-state index contributed by atoms with van der Waals surface area (Å²) in [5, 5.41) is 0.881. The van der Waals surface area contributed by atoms with E-state index in [1.807, 2.05) is 6.92 Å². The standard InChI is InChI=1S/C30H25ClN2O4S2/c1-3-24-25-13-8-10-16-28(25)33(39(36,37)23-11-5-4-6-12-23)30(24)29(26-14-7-9-15-27(26)31)32-38(34,35)22-19-17-21(2)18-20-22/h3-20,29,32H,1H2,2H3. The Labute approximate surface area is 233 Å². The Morgan fingerprint density at radius 1 is 0.795 bits per heavy atom. The molecule has 9 heteroatoms. The van der Waals surface area contributed by atoms with Crippen LogP contribution in [0.3, 0.4) is 0 Å². The molecule has 0 aliphatic carbocycles. The Morgan fingerprint density at radius 3 is 2.08 bits per heavy atom. The number of aryl methyl sites for hydroxylation is 1. The first-order valence-corrected chi connectivity index (χ1v) is 15.3. The van der Waals surface area contributed by atoms with Crippen LogP contribution in [-0.2, 0) is 20.0 Å². The predicted octanol–water partition coefficient (Wildman–Crippen LogP) is 6.55. The predicted molar refractivity (Wildman–Crippen MR) is 156 cm³/mol. The lowest BCUT2D eigenvalue weighted by Gasteiger charge is -2.24. The summed E-state index contributed by atoms with van der Waals surface area (Å²) in [4.78, 5) is 0.0980. The second-order valence-electron chi connectivity index (χ2n) is 8.99. The first-order chi connectivity index (χ1) is 18.6. The highest BCUT2D eigenvalue weighted by Gasteiger charge is 2.34. The molecule has 39 heavy (non-hydrogen) atoms. The number of nitrogens with one attached hydrogen (secondary N) is 1. The summed E-state index contributed by atoms with van der Waals surface area (Å²) in [6, 6.07) is 27.0. The number of halogens is 1. The fourth-order valence-electron chi connectivity index (χ4n) is 4.62. The molecular formula is C30H25ClN2O4S2. The number of nitrogens with zero attached hydrogens (tertiary/aromatic N) is 1. The minimum atomic E-state index is -4.19. The molecule has 1 aromatic heterocycles. The summed E-state index contributed by atoms with van der Waals surface area (Å²) in [5.41, 5.74) is 2.34. The van der Waals surface area contributed by atoms with Gasteiger partial charge in [0.1, 0.15) is 0 Å². The number of rotatable bonds is 8. The Morgan fingerprint density at radius 2 is 1.41 bits per heavy atom. The van der Waals surface area contributed by atoms with Crippen molar-refractivity contribution in [3.05, 3.63) is 137 Å². The Bertz CT molecular complexity index is 1900. The highest BCUT2D eigenvalue weighted by Crippen LogP contribution is 2.39. The van der Waals surface area contributed by atoms with Crippen molar-refractivity contribution in [2.24, 2.45) is 0 Å². The molecule has 0 aliphatic heterocycles. The average molecular weight is 577 g/mol. The van der Waals surface area contributed by atoms with Crippen LogP contribution < -0.4 is 4.72 Å². The van der Waals surface area contributed by atoms with E-state index in [4.69, 9.17) is 11.6 Å². The van der Waals surface area contributed by atoms with Gasteiger partial charge in [-0.25, -0.2) is 20.8 Å².